The van der Waals surface area contributed by atoms with E-state index in [1.807, 2.05) is 0 Å². The normalized spacial score (nSPS) is 11.7. The lowest BCUT2D eigenvalue weighted by Gasteiger charge is -2.08. The molecule has 20 heavy (non-hydrogen) atoms. The zero-order valence-corrected chi connectivity index (χ0v) is 12.0. The Hall–Kier alpha value is -2.09. The van der Waals surface area contributed by atoms with E-state index in [-0.39, 0.29) is 23.3 Å². The zero-order chi connectivity index (χ0) is 14.9. The standard InChI is InChI=1S/C12H15N3O4S/c1-15(2)11(16)5-6-20(17,18)12-14-9-4-3-8(13)7-10(9)19-12/h3-4,7H,5-6,13H2,1-2H3. The second kappa shape index (κ2) is 5.12. The Morgan fingerprint density at radius 2 is 2.10 bits per heavy atom. The lowest BCUT2D eigenvalue weighted by atomic mass is 10.3. The highest BCUT2D eigenvalue weighted by Gasteiger charge is 2.23. The molecule has 0 saturated carbocycles. The van der Waals surface area contributed by atoms with Gasteiger partial charge < -0.3 is 15.1 Å². The summed E-state index contributed by atoms with van der Waals surface area (Å²) in [5.41, 5.74) is 6.77. The molecule has 2 aromatic rings. The van der Waals surface area contributed by atoms with Crippen molar-refractivity contribution < 1.29 is 17.6 Å². The smallest absolute Gasteiger partial charge is 0.316 e. The van der Waals surface area contributed by atoms with Crippen LogP contribution in [0, 0.1) is 0 Å². The number of nitrogens with two attached hydrogens (primary N) is 1. The molecule has 2 rings (SSSR count). The molecule has 0 fully saturated rings. The number of nitrogens with zero attached hydrogens (tertiary/aromatic N) is 2. The van der Waals surface area contributed by atoms with Crippen molar-refractivity contribution in [2.45, 2.75) is 11.6 Å². The van der Waals surface area contributed by atoms with Crippen LogP contribution in [0.4, 0.5) is 5.69 Å². The summed E-state index contributed by atoms with van der Waals surface area (Å²) in [6.45, 7) is 0. The van der Waals surface area contributed by atoms with Gasteiger partial charge in [0.1, 0.15) is 5.52 Å². The topological polar surface area (TPSA) is 106 Å². The summed E-state index contributed by atoms with van der Waals surface area (Å²) in [4.78, 5) is 16.7. The van der Waals surface area contributed by atoms with E-state index in [9.17, 15) is 13.2 Å². The SMILES string of the molecule is CN(C)C(=O)CCS(=O)(=O)c1nc2ccc(N)cc2o1. The van der Waals surface area contributed by atoms with Gasteiger partial charge in [-0.25, -0.2) is 8.42 Å². The highest BCUT2D eigenvalue weighted by atomic mass is 32.2. The van der Waals surface area contributed by atoms with Gasteiger partial charge in [0, 0.05) is 32.3 Å². The molecule has 1 aromatic heterocycles. The summed E-state index contributed by atoms with van der Waals surface area (Å²) in [5, 5.41) is -0.385. The summed E-state index contributed by atoms with van der Waals surface area (Å²) < 4.78 is 29.3. The fourth-order valence-electron chi connectivity index (χ4n) is 1.59. The van der Waals surface area contributed by atoms with Crippen molar-refractivity contribution in [1.29, 1.82) is 0 Å². The first-order valence-corrected chi connectivity index (χ1v) is 7.54. The highest BCUT2D eigenvalue weighted by molar-refractivity contribution is 7.91. The fourth-order valence-corrected chi connectivity index (χ4v) is 2.66. The summed E-state index contributed by atoms with van der Waals surface area (Å²) in [7, 11) is -0.596. The number of anilines is 1. The molecule has 1 amide bonds. The summed E-state index contributed by atoms with van der Waals surface area (Å²) >= 11 is 0. The third-order valence-electron chi connectivity index (χ3n) is 2.74. The highest BCUT2D eigenvalue weighted by Crippen LogP contribution is 2.22. The summed E-state index contributed by atoms with van der Waals surface area (Å²) in [6, 6.07) is 4.70. The van der Waals surface area contributed by atoms with Gasteiger partial charge in [-0.2, -0.15) is 4.98 Å². The first-order chi connectivity index (χ1) is 9.29. The van der Waals surface area contributed by atoms with E-state index in [4.69, 9.17) is 10.2 Å². The number of nitrogen functional groups attached to an aromatic ring is 1. The van der Waals surface area contributed by atoms with Crippen LogP contribution in [0.2, 0.25) is 0 Å². The molecule has 0 aliphatic heterocycles. The number of hydrogen-bond acceptors (Lipinski definition) is 6. The van der Waals surface area contributed by atoms with E-state index in [0.29, 0.717) is 16.8 Å². The number of amides is 1. The van der Waals surface area contributed by atoms with Gasteiger partial charge in [0.15, 0.2) is 5.58 Å². The molecule has 1 heterocycles. The lowest BCUT2D eigenvalue weighted by Crippen LogP contribution is -2.24. The number of fused-ring (bicyclic) bond motifs is 1. The van der Waals surface area contributed by atoms with Crippen LogP contribution in [0.15, 0.2) is 27.8 Å². The maximum atomic E-state index is 12.1. The molecule has 0 atom stereocenters. The number of oxazole rings is 1. The average molecular weight is 297 g/mol. The largest absolute Gasteiger partial charge is 0.428 e. The molecule has 7 nitrogen and oxygen atoms in total. The minimum Gasteiger partial charge on any atom is -0.428 e. The second-order valence-electron chi connectivity index (χ2n) is 4.56. The van der Waals surface area contributed by atoms with Crippen molar-refractivity contribution in [2.24, 2.45) is 0 Å². The minimum absolute atomic E-state index is 0.115. The van der Waals surface area contributed by atoms with Crippen molar-refractivity contribution in [3.63, 3.8) is 0 Å². The van der Waals surface area contributed by atoms with Crippen molar-refractivity contribution in [2.75, 3.05) is 25.6 Å². The number of rotatable bonds is 4. The van der Waals surface area contributed by atoms with Gasteiger partial charge in [-0.15, -0.1) is 0 Å². The molecule has 8 heteroatoms. The summed E-state index contributed by atoms with van der Waals surface area (Å²) in [5.74, 6) is -0.610. The van der Waals surface area contributed by atoms with Gasteiger partial charge in [0.25, 0.3) is 0 Å². The van der Waals surface area contributed by atoms with E-state index in [1.165, 1.54) is 11.0 Å². The fraction of sp³-hybridized carbons (Fsp3) is 0.333. The molecule has 0 saturated heterocycles. The summed E-state index contributed by atoms with van der Waals surface area (Å²) in [6.07, 6.45) is -0.115. The van der Waals surface area contributed by atoms with Crippen LogP contribution in [0.5, 0.6) is 0 Å². The first-order valence-electron chi connectivity index (χ1n) is 5.88. The Balaban J connectivity index is 2.25. The Labute approximate surface area is 116 Å². The van der Waals surface area contributed by atoms with E-state index < -0.39 is 9.84 Å². The van der Waals surface area contributed by atoms with Crippen molar-refractivity contribution in [3.05, 3.63) is 18.2 Å². The number of hydrogen-bond donors (Lipinski definition) is 1. The Bertz CT molecular complexity index is 749. The van der Waals surface area contributed by atoms with E-state index >= 15 is 0 Å². The molecular formula is C12H15N3O4S. The van der Waals surface area contributed by atoms with Gasteiger partial charge in [0.05, 0.1) is 5.75 Å². The first kappa shape index (κ1) is 14.3. The number of aromatic nitrogens is 1. The molecule has 0 bridgehead atoms. The maximum absolute atomic E-state index is 12.1. The maximum Gasteiger partial charge on any atom is 0.316 e. The van der Waals surface area contributed by atoms with E-state index in [1.54, 1.807) is 26.2 Å². The van der Waals surface area contributed by atoms with Crippen LogP contribution >= 0.6 is 0 Å². The third-order valence-corrected chi connectivity index (χ3v) is 4.19. The molecule has 0 radical (unpaired) electrons. The minimum atomic E-state index is -3.73. The molecule has 0 spiro atoms. The van der Waals surface area contributed by atoms with Gasteiger partial charge in [-0.3, -0.25) is 4.79 Å². The number of carbonyl (C=O) groups excluding carboxylic acids is 1. The van der Waals surface area contributed by atoms with Crippen molar-refractivity contribution >= 4 is 32.5 Å². The molecule has 0 unspecified atom stereocenters. The zero-order valence-electron chi connectivity index (χ0n) is 11.2. The Morgan fingerprint density at radius 1 is 1.40 bits per heavy atom. The molecular weight excluding hydrogens is 282 g/mol. The third kappa shape index (κ3) is 2.90. The van der Waals surface area contributed by atoms with Crippen molar-refractivity contribution in [1.82, 2.24) is 9.88 Å². The molecule has 0 aliphatic carbocycles. The van der Waals surface area contributed by atoms with Gasteiger partial charge in [-0.05, 0) is 12.1 Å². The second-order valence-corrected chi connectivity index (χ2v) is 6.55. The Morgan fingerprint density at radius 3 is 2.75 bits per heavy atom. The van der Waals surface area contributed by atoms with Crippen LogP contribution < -0.4 is 5.73 Å². The van der Waals surface area contributed by atoms with Crippen LogP contribution in [0.25, 0.3) is 11.1 Å². The predicted octanol–water partition coefficient (Wildman–Crippen LogP) is 0.662. The van der Waals surface area contributed by atoms with Crippen LogP contribution in [-0.2, 0) is 14.6 Å². The Kier molecular flexibility index (Phi) is 3.67. The molecule has 108 valence electrons. The average Bonchev–Trinajstić information content (AvgIpc) is 2.79. The monoisotopic (exact) mass is 297 g/mol. The lowest BCUT2D eigenvalue weighted by molar-refractivity contribution is -0.128. The van der Waals surface area contributed by atoms with Crippen LogP contribution in [-0.4, -0.2) is 44.1 Å². The number of benzene rings is 1. The molecule has 1 aromatic carbocycles. The number of sulfone groups is 1. The van der Waals surface area contributed by atoms with Crippen molar-refractivity contribution in [3.8, 4) is 0 Å². The predicted molar refractivity (Wildman–Crippen MR) is 73.8 cm³/mol. The van der Waals surface area contributed by atoms with Gasteiger partial charge in [-0.1, -0.05) is 0 Å². The van der Waals surface area contributed by atoms with Gasteiger partial charge >= 0.3 is 5.22 Å². The molecule has 2 N–H and O–H groups in total. The number of carbonyl (C=O) groups is 1. The van der Waals surface area contributed by atoms with E-state index in [2.05, 4.69) is 4.98 Å². The van der Waals surface area contributed by atoms with Crippen LogP contribution in [0.1, 0.15) is 6.42 Å². The van der Waals surface area contributed by atoms with Crippen LogP contribution in [0.3, 0.4) is 0 Å². The van der Waals surface area contributed by atoms with Gasteiger partial charge in [0.2, 0.25) is 15.7 Å². The molecule has 0 aliphatic rings. The quantitative estimate of drug-likeness (QED) is 0.831. The van der Waals surface area contributed by atoms with E-state index in [0.717, 1.165) is 0 Å².